The molecular weight excluding hydrogens is 248 g/mol. The van der Waals surface area contributed by atoms with E-state index < -0.39 is 6.16 Å². The van der Waals surface area contributed by atoms with Crippen molar-refractivity contribution in [1.29, 1.82) is 0 Å². The predicted octanol–water partition coefficient (Wildman–Crippen LogP) is 2.45. The summed E-state index contributed by atoms with van der Waals surface area (Å²) in [5, 5.41) is 3.63. The first kappa shape index (κ1) is 11.0. The van der Waals surface area contributed by atoms with Gasteiger partial charge >= 0.3 is 6.16 Å². The highest BCUT2D eigenvalue weighted by Crippen LogP contribution is 2.05. The van der Waals surface area contributed by atoms with Gasteiger partial charge < -0.3 is 9.47 Å². The fourth-order valence-corrected chi connectivity index (χ4v) is 2.01. The number of ether oxygens (including phenoxy) is 2. The van der Waals surface area contributed by atoms with E-state index in [-0.39, 0.29) is 13.2 Å². The third kappa shape index (κ3) is 3.28. The summed E-state index contributed by atoms with van der Waals surface area (Å²) >= 11 is 2.90. The van der Waals surface area contributed by atoms with Gasteiger partial charge in [0.15, 0.2) is 0 Å². The summed E-state index contributed by atoms with van der Waals surface area (Å²) in [7, 11) is 0. The predicted molar refractivity (Wildman–Crippen MR) is 59.2 cm³/mol. The number of nitrogens with zero attached hydrogens (tertiary/aromatic N) is 2. The van der Waals surface area contributed by atoms with E-state index in [0.717, 1.165) is 11.4 Å². The number of carbonyl (C=O) groups excluding carboxylic acids is 1. The van der Waals surface area contributed by atoms with Crippen LogP contribution in [-0.4, -0.2) is 16.1 Å². The van der Waals surface area contributed by atoms with Crippen LogP contribution in [-0.2, 0) is 22.7 Å². The van der Waals surface area contributed by atoms with Gasteiger partial charge in [-0.3, -0.25) is 0 Å². The summed E-state index contributed by atoms with van der Waals surface area (Å²) in [5.74, 6) is 0. The lowest BCUT2D eigenvalue weighted by Crippen LogP contribution is -2.07. The first-order chi connectivity index (χ1) is 7.84. The minimum absolute atomic E-state index is 0.138. The summed E-state index contributed by atoms with van der Waals surface area (Å²) in [6.45, 7) is 0.277. The Morgan fingerprint density at radius 3 is 1.94 bits per heavy atom. The molecule has 2 rings (SSSR count). The monoisotopic (exact) mass is 256 g/mol. The lowest BCUT2D eigenvalue weighted by Gasteiger charge is -2.02. The molecule has 0 radical (unpaired) electrons. The van der Waals surface area contributed by atoms with E-state index in [1.54, 1.807) is 11.0 Å². The van der Waals surface area contributed by atoms with Crippen LogP contribution < -0.4 is 0 Å². The zero-order valence-corrected chi connectivity index (χ0v) is 9.79. The molecule has 0 aliphatic rings. The Bertz CT molecular complexity index is 387. The fourth-order valence-electron chi connectivity index (χ4n) is 0.925. The number of aromatic nitrogens is 2. The summed E-state index contributed by atoms with van der Waals surface area (Å²) in [6.07, 6.45) is -0.707. The molecule has 7 heteroatoms. The SMILES string of the molecule is O=C(OCc1cscn1)OCc1cscn1. The lowest BCUT2D eigenvalue weighted by atomic mass is 10.5. The van der Waals surface area contributed by atoms with Crippen molar-refractivity contribution in [2.24, 2.45) is 0 Å². The third-order valence-corrected chi connectivity index (χ3v) is 2.91. The topological polar surface area (TPSA) is 61.3 Å². The maximum Gasteiger partial charge on any atom is 0.509 e. The van der Waals surface area contributed by atoms with Gasteiger partial charge in [0, 0.05) is 10.8 Å². The molecule has 0 saturated carbocycles. The highest BCUT2D eigenvalue weighted by Gasteiger charge is 2.06. The lowest BCUT2D eigenvalue weighted by molar-refractivity contribution is 0.0432. The Kier molecular flexibility index (Phi) is 3.84. The molecule has 84 valence electrons. The first-order valence-electron chi connectivity index (χ1n) is 4.38. The molecule has 0 N–H and O–H groups in total. The second-order valence-corrected chi connectivity index (χ2v) is 4.22. The van der Waals surface area contributed by atoms with Crippen LogP contribution in [0.2, 0.25) is 0 Å². The summed E-state index contributed by atoms with van der Waals surface area (Å²) < 4.78 is 9.69. The van der Waals surface area contributed by atoms with Crippen LogP contribution in [0.4, 0.5) is 4.79 Å². The van der Waals surface area contributed by atoms with Gasteiger partial charge in [0.1, 0.15) is 13.2 Å². The molecule has 0 spiro atoms. The van der Waals surface area contributed by atoms with Crippen molar-refractivity contribution >= 4 is 28.8 Å². The van der Waals surface area contributed by atoms with Gasteiger partial charge in [-0.2, -0.15) is 0 Å². The highest BCUT2D eigenvalue weighted by atomic mass is 32.1. The van der Waals surface area contributed by atoms with E-state index in [9.17, 15) is 4.79 Å². The minimum atomic E-state index is -0.707. The average Bonchev–Trinajstić information content (AvgIpc) is 2.96. The minimum Gasteiger partial charge on any atom is -0.428 e. The van der Waals surface area contributed by atoms with Crippen molar-refractivity contribution in [3.63, 3.8) is 0 Å². The van der Waals surface area contributed by atoms with Crippen molar-refractivity contribution in [3.8, 4) is 0 Å². The molecule has 0 saturated heterocycles. The molecule has 0 amide bonds. The largest absolute Gasteiger partial charge is 0.509 e. The van der Waals surface area contributed by atoms with Crippen LogP contribution in [0.3, 0.4) is 0 Å². The van der Waals surface area contributed by atoms with Crippen LogP contribution in [0.5, 0.6) is 0 Å². The summed E-state index contributed by atoms with van der Waals surface area (Å²) in [4.78, 5) is 19.1. The van der Waals surface area contributed by atoms with Crippen LogP contribution >= 0.6 is 22.7 Å². The number of carbonyl (C=O) groups is 1. The van der Waals surface area contributed by atoms with Gasteiger partial charge in [0.2, 0.25) is 0 Å². The van der Waals surface area contributed by atoms with E-state index in [0.29, 0.717) is 0 Å². The van der Waals surface area contributed by atoms with Crippen LogP contribution in [0.1, 0.15) is 11.4 Å². The number of thiazole rings is 2. The smallest absolute Gasteiger partial charge is 0.428 e. The number of hydrogen-bond donors (Lipinski definition) is 0. The molecular formula is C9H8N2O3S2. The molecule has 0 fully saturated rings. The maximum absolute atomic E-state index is 11.1. The average molecular weight is 256 g/mol. The molecule has 0 unspecified atom stereocenters. The summed E-state index contributed by atoms with van der Waals surface area (Å²) in [5.41, 5.74) is 4.80. The first-order valence-corrected chi connectivity index (χ1v) is 6.27. The second-order valence-electron chi connectivity index (χ2n) is 2.79. The molecule has 2 aromatic heterocycles. The highest BCUT2D eigenvalue weighted by molar-refractivity contribution is 7.07. The number of rotatable bonds is 4. The second kappa shape index (κ2) is 5.57. The zero-order chi connectivity index (χ0) is 11.2. The van der Waals surface area contributed by atoms with Crippen molar-refractivity contribution < 1.29 is 14.3 Å². The van der Waals surface area contributed by atoms with Gasteiger partial charge in [-0.05, 0) is 0 Å². The molecule has 0 aromatic carbocycles. The molecule has 5 nitrogen and oxygen atoms in total. The number of hydrogen-bond acceptors (Lipinski definition) is 7. The normalized spacial score (nSPS) is 10.0. The Balaban J connectivity index is 1.69. The molecule has 2 heterocycles. The maximum atomic E-state index is 11.1. The molecule has 16 heavy (non-hydrogen) atoms. The van der Waals surface area contributed by atoms with Crippen molar-refractivity contribution in [3.05, 3.63) is 33.2 Å². The fraction of sp³-hybridized carbons (Fsp3) is 0.222. The Morgan fingerprint density at radius 1 is 1.06 bits per heavy atom. The Morgan fingerprint density at radius 2 is 1.56 bits per heavy atom. The van der Waals surface area contributed by atoms with Crippen molar-refractivity contribution in [2.45, 2.75) is 13.2 Å². The molecule has 0 atom stereocenters. The van der Waals surface area contributed by atoms with E-state index in [1.807, 2.05) is 10.8 Å². The van der Waals surface area contributed by atoms with Gasteiger partial charge in [0.05, 0.1) is 22.4 Å². The zero-order valence-electron chi connectivity index (χ0n) is 8.16. The van der Waals surface area contributed by atoms with Crippen LogP contribution in [0.25, 0.3) is 0 Å². The third-order valence-electron chi connectivity index (χ3n) is 1.64. The Labute approximate surface area is 99.7 Å². The van der Waals surface area contributed by atoms with Gasteiger partial charge in [-0.1, -0.05) is 0 Å². The van der Waals surface area contributed by atoms with Gasteiger partial charge in [-0.15, -0.1) is 22.7 Å². The van der Waals surface area contributed by atoms with E-state index in [1.165, 1.54) is 22.7 Å². The van der Waals surface area contributed by atoms with E-state index in [2.05, 4.69) is 9.97 Å². The van der Waals surface area contributed by atoms with E-state index in [4.69, 9.17) is 9.47 Å². The van der Waals surface area contributed by atoms with Crippen molar-refractivity contribution in [1.82, 2.24) is 9.97 Å². The van der Waals surface area contributed by atoms with Crippen LogP contribution in [0, 0.1) is 0 Å². The summed E-state index contributed by atoms with van der Waals surface area (Å²) in [6, 6.07) is 0. The molecule has 0 bridgehead atoms. The van der Waals surface area contributed by atoms with Gasteiger partial charge in [0.25, 0.3) is 0 Å². The van der Waals surface area contributed by atoms with Crippen molar-refractivity contribution in [2.75, 3.05) is 0 Å². The van der Waals surface area contributed by atoms with E-state index >= 15 is 0 Å². The van der Waals surface area contributed by atoms with Gasteiger partial charge in [-0.25, -0.2) is 14.8 Å². The molecule has 0 aliphatic heterocycles. The Hall–Kier alpha value is -1.47. The quantitative estimate of drug-likeness (QED) is 0.786. The standard InChI is InChI=1S/C9H8N2O3S2/c12-9(13-1-7-3-15-5-10-7)14-2-8-4-16-6-11-8/h3-6H,1-2H2. The van der Waals surface area contributed by atoms with Crippen LogP contribution in [0.15, 0.2) is 21.8 Å². The molecule has 2 aromatic rings. The molecule has 0 aliphatic carbocycles.